The molecule has 1 N–H and O–H groups in total. The molecule has 0 amide bonds. The van der Waals surface area contributed by atoms with Crippen LogP contribution in [0.1, 0.15) is 57.1 Å². The van der Waals surface area contributed by atoms with E-state index >= 15 is 0 Å². The van der Waals surface area contributed by atoms with Gasteiger partial charge in [-0.3, -0.25) is 9.69 Å². The molecule has 2 aromatic heterocycles. The summed E-state index contributed by atoms with van der Waals surface area (Å²) in [6.45, 7) is 10.4. The largest absolute Gasteiger partial charge is 0.486 e. The highest BCUT2D eigenvalue weighted by molar-refractivity contribution is 5.83. The van der Waals surface area contributed by atoms with Crippen LogP contribution >= 0.6 is 0 Å². The maximum absolute atomic E-state index is 13.3. The first-order valence-corrected chi connectivity index (χ1v) is 13.2. The summed E-state index contributed by atoms with van der Waals surface area (Å²) in [6.07, 6.45) is 0.741. The summed E-state index contributed by atoms with van der Waals surface area (Å²) in [4.78, 5) is 18.6. The molecule has 0 saturated heterocycles. The van der Waals surface area contributed by atoms with Gasteiger partial charge in [0.05, 0.1) is 17.1 Å². The van der Waals surface area contributed by atoms with E-state index < -0.39 is 0 Å². The van der Waals surface area contributed by atoms with E-state index in [9.17, 15) is 4.79 Å². The summed E-state index contributed by atoms with van der Waals surface area (Å²) in [5, 5.41) is 13.6. The molecule has 11 nitrogen and oxygen atoms in total. The molecule has 0 bridgehead atoms. The third-order valence-electron chi connectivity index (χ3n) is 7.03. The van der Waals surface area contributed by atoms with E-state index in [0.29, 0.717) is 48.9 Å². The van der Waals surface area contributed by atoms with Crippen molar-refractivity contribution in [3.05, 3.63) is 63.7 Å². The van der Waals surface area contributed by atoms with Crippen molar-refractivity contribution in [2.24, 2.45) is 0 Å². The van der Waals surface area contributed by atoms with Gasteiger partial charge in [0.15, 0.2) is 28.8 Å². The first-order valence-electron chi connectivity index (χ1n) is 13.2. The van der Waals surface area contributed by atoms with Crippen molar-refractivity contribution in [2.75, 3.05) is 20.0 Å². The Hall–Kier alpha value is -4.12. The van der Waals surface area contributed by atoms with Crippen LogP contribution in [0.25, 0.3) is 10.9 Å². The second-order valence-electron chi connectivity index (χ2n) is 10.8. The van der Waals surface area contributed by atoms with Gasteiger partial charge in [-0.25, -0.2) is 4.68 Å². The Balaban J connectivity index is 1.40. The average Bonchev–Trinajstić information content (AvgIpc) is 3.58. The molecule has 0 saturated carbocycles. The predicted octanol–water partition coefficient (Wildman–Crippen LogP) is 3.92. The van der Waals surface area contributed by atoms with Crippen molar-refractivity contribution >= 4 is 10.9 Å². The number of tetrazole rings is 1. The van der Waals surface area contributed by atoms with Gasteiger partial charge in [0.2, 0.25) is 6.79 Å². The van der Waals surface area contributed by atoms with E-state index in [4.69, 9.17) is 18.9 Å². The molecule has 39 heavy (non-hydrogen) atoms. The highest BCUT2D eigenvalue weighted by Crippen LogP contribution is 2.36. The number of nitrogens with zero attached hydrogens (tertiary/aromatic N) is 5. The van der Waals surface area contributed by atoms with Gasteiger partial charge in [-0.15, -0.1) is 5.10 Å². The zero-order chi connectivity index (χ0) is 27.1. The fraction of sp³-hybridized carbons (Fsp3) is 0.429. The van der Waals surface area contributed by atoms with Crippen LogP contribution in [0, 0.1) is 0 Å². The van der Waals surface area contributed by atoms with Crippen LogP contribution in [0.4, 0.5) is 0 Å². The highest BCUT2D eigenvalue weighted by atomic mass is 16.7. The summed E-state index contributed by atoms with van der Waals surface area (Å²) < 4.78 is 24.5. The molecular formula is C28H32N6O5. The number of H-pyrrole nitrogens is 1. The number of nitrogens with one attached hydrogen (secondary N) is 1. The summed E-state index contributed by atoms with van der Waals surface area (Å²) in [6, 6.07) is 11.5. The molecule has 0 spiro atoms. The van der Waals surface area contributed by atoms with Crippen molar-refractivity contribution in [3.8, 4) is 23.0 Å². The number of hydrogen-bond acceptors (Lipinski definition) is 9. The quantitative estimate of drug-likeness (QED) is 0.378. The van der Waals surface area contributed by atoms with Crippen molar-refractivity contribution in [3.63, 3.8) is 0 Å². The van der Waals surface area contributed by atoms with Crippen LogP contribution in [0.5, 0.6) is 23.0 Å². The highest BCUT2D eigenvalue weighted by Gasteiger charge is 2.30. The fourth-order valence-corrected chi connectivity index (χ4v) is 5.16. The number of benzene rings is 2. The Morgan fingerprint density at radius 3 is 2.49 bits per heavy atom. The van der Waals surface area contributed by atoms with Gasteiger partial charge in [0, 0.05) is 30.1 Å². The lowest BCUT2D eigenvalue weighted by molar-refractivity contribution is 0.153. The van der Waals surface area contributed by atoms with Crippen LogP contribution in [0.3, 0.4) is 0 Å². The molecule has 0 aliphatic carbocycles. The van der Waals surface area contributed by atoms with E-state index in [1.165, 1.54) is 0 Å². The summed E-state index contributed by atoms with van der Waals surface area (Å²) in [7, 11) is 0. The van der Waals surface area contributed by atoms with E-state index in [2.05, 4.69) is 53.1 Å². The molecule has 1 atom stereocenters. The zero-order valence-corrected chi connectivity index (χ0v) is 22.6. The minimum atomic E-state index is -0.307. The SMILES string of the molecule is CCC(c1nnnn1C(C)(C)C)N(Cc1ccc2c(c1)OCO2)Cc1cc2cc3c(cc2[nH]c1=O)OCCO3. The van der Waals surface area contributed by atoms with Gasteiger partial charge in [0.1, 0.15) is 13.2 Å². The van der Waals surface area contributed by atoms with E-state index in [1.807, 2.05) is 41.1 Å². The molecule has 1 unspecified atom stereocenters. The maximum Gasteiger partial charge on any atom is 0.252 e. The topological polar surface area (TPSA) is 117 Å². The molecular weight excluding hydrogens is 500 g/mol. The van der Waals surface area contributed by atoms with Crippen molar-refractivity contribution in [2.45, 2.75) is 58.8 Å². The Morgan fingerprint density at radius 2 is 1.72 bits per heavy atom. The summed E-state index contributed by atoms with van der Waals surface area (Å²) in [5.41, 5.74) is 1.91. The maximum atomic E-state index is 13.3. The van der Waals surface area contributed by atoms with Crippen LogP contribution < -0.4 is 24.5 Å². The van der Waals surface area contributed by atoms with Gasteiger partial charge in [-0.05, 0) is 67.4 Å². The molecule has 6 rings (SSSR count). The Bertz CT molecular complexity index is 1570. The Kier molecular flexibility index (Phi) is 6.38. The number of hydrogen-bond donors (Lipinski definition) is 1. The van der Waals surface area contributed by atoms with Crippen molar-refractivity contribution in [1.29, 1.82) is 0 Å². The Labute approximate surface area is 225 Å². The molecule has 4 aromatic rings. The third kappa shape index (κ3) is 4.89. The smallest absolute Gasteiger partial charge is 0.252 e. The van der Waals surface area contributed by atoms with Crippen molar-refractivity contribution < 1.29 is 18.9 Å². The average molecular weight is 533 g/mol. The number of aromatic nitrogens is 5. The molecule has 0 fully saturated rings. The van der Waals surface area contributed by atoms with Crippen molar-refractivity contribution in [1.82, 2.24) is 30.1 Å². The van der Waals surface area contributed by atoms with Gasteiger partial charge < -0.3 is 23.9 Å². The molecule has 2 aliphatic rings. The molecule has 2 aromatic carbocycles. The predicted molar refractivity (Wildman–Crippen MR) is 143 cm³/mol. The van der Waals surface area contributed by atoms with Gasteiger partial charge in [-0.2, -0.15) is 0 Å². The van der Waals surface area contributed by atoms with Gasteiger partial charge >= 0.3 is 0 Å². The first-order chi connectivity index (χ1) is 18.8. The van der Waals surface area contributed by atoms with E-state index in [1.54, 1.807) is 0 Å². The standard InChI is InChI=1S/C28H32N6O5/c1-5-21(26-30-31-32-34(26)28(2,3)4)33(14-17-6-7-22-23(10-17)39-16-38-22)15-19-11-18-12-24-25(37-9-8-36-24)13-20(18)29-27(19)35/h6-7,10-13,21H,5,8-9,14-16H2,1-4H3,(H,29,35). The van der Waals surface area contributed by atoms with E-state index in [0.717, 1.165) is 34.7 Å². The molecule has 0 radical (unpaired) electrons. The normalized spacial score (nSPS) is 15.2. The second kappa shape index (κ2) is 9.88. The number of pyridine rings is 1. The summed E-state index contributed by atoms with van der Waals surface area (Å²) in [5.74, 6) is 3.52. The number of aromatic amines is 1. The summed E-state index contributed by atoms with van der Waals surface area (Å²) >= 11 is 0. The second-order valence-corrected chi connectivity index (χ2v) is 10.8. The van der Waals surface area contributed by atoms with Crippen LogP contribution in [-0.4, -0.2) is 50.1 Å². The monoisotopic (exact) mass is 532 g/mol. The van der Waals surface area contributed by atoms with Crippen LogP contribution in [0.2, 0.25) is 0 Å². The third-order valence-corrected chi connectivity index (χ3v) is 7.03. The minimum absolute atomic E-state index is 0.153. The first kappa shape index (κ1) is 25.2. The van der Waals surface area contributed by atoms with E-state index in [-0.39, 0.29) is 23.9 Å². The molecule has 11 heteroatoms. The number of rotatable bonds is 7. The fourth-order valence-electron chi connectivity index (χ4n) is 5.16. The van der Waals surface area contributed by atoms with Gasteiger partial charge in [0.25, 0.3) is 5.56 Å². The number of ether oxygens (including phenoxy) is 4. The molecule has 2 aliphatic heterocycles. The molecule has 204 valence electrons. The lowest BCUT2D eigenvalue weighted by atomic mass is 10.0. The lowest BCUT2D eigenvalue weighted by Gasteiger charge is -2.32. The van der Waals surface area contributed by atoms with Crippen LogP contribution in [-0.2, 0) is 18.6 Å². The lowest BCUT2D eigenvalue weighted by Crippen LogP contribution is -2.35. The zero-order valence-electron chi connectivity index (χ0n) is 22.6. The molecule has 4 heterocycles. The minimum Gasteiger partial charge on any atom is -0.486 e. The van der Waals surface area contributed by atoms with Gasteiger partial charge in [-0.1, -0.05) is 13.0 Å². The van der Waals surface area contributed by atoms with Crippen LogP contribution in [0.15, 0.2) is 41.2 Å². The Morgan fingerprint density at radius 1 is 0.974 bits per heavy atom. The number of fused-ring (bicyclic) bond motifs is 3.